The lowest BCUT2D eigenvalue weighted by Crippen LogP contribution is -2.30. The van der Waals surface area contributed by atoms with E-state index in [-0.39, 0.29) is 11.8 Å². The monoisotopic (exact) mass is 338 g/mol. The first-order valence-corrected chi connectivity index (χ1v) is 8.27. The molecule has 0 radical (unpaired) electrons. The maximum Gasteiger partial charge on any atom is 0.251 e. The van der Waals surface area contributed by atoms with Gasteiger partial charge in [0.25, 0.3) is 5.91 Å². The second-order valence-electron chi connectivity index (χ2n) is 6.31. The number of hydrogen-bond donors (Lipinski definition) is 1. The number of hydrogen-bond acceptors (Lipinski definition) is 4. The molecule has 0 aliphatic rings. The molecule has 2 heterocycles. The summed E-state index contributed by atoms with van der Waals surface area (Å²) in [6.07, 6.45) is 3.10. The highest BCUT2D eigenvalue weighted by Crippen LogP contribution is 2.09. The summed E-state index contributed by atoms with van der Waals surface area (Å²) >= 11 is 0. The molecule has 0 aliphatic heterocycles. The molecule has 1 atom stereocenters. The predicted molar refractivity (Wildman–Crippen MR) is 94.6 cm³/mol. The Hall–Kier alpha value is -2.96. The summed E-state index contributed by atoms with van der Waals surface area (Å²) in [5, 5.41) is 11.5. The zero-order valence-corrected chi connectivity index (χ0v) is 14.7. The van der Waals surface area contributed by atoms with Crippen LogP contribution in [0.5, 0.6) is 0 Å². The highest BCUT2D eigenvalue weighted by Gasteiger charge is 2.10. The second kappa shape index (κ2) is 7.29. The van der Waals surface area contributed by atoms with Gasteiger partial charge >= 0.3 is 0 Å². The molecule has 0 saturated carbocycles. The summed E-state index contributed by atoms with van der Waals surface area (Å²) in [5.41, 5.74) is 3.65. The van der Waals surface area contributed by atoms with E-state index < -0.39 is 0 Å². The van der Waals surface area contributed by atoms with E-state index >= 15 is 0 Å². The molecule has 1 N–H and O–H groups in total. The molecular formula is C18H22N6O. The van der Waals surface area contributed by atoms with Crippen LogP contribution in [0.2, 0.25) is 0 Å². The summed E-state index contributed by atoms with van der Waals surface area (Å²) in [6.45, 7) is 7.51. The van der Waals surface area contributed by atoms with Gasteiger partial charge in [0.15, 0.2) is 0 Å². The van der Waals surface area contributed by atoms with E-state index in [1.807, 2.05) is 30.7 Å². The number of nitrogens with one attached hydrogen (secondary N) is 1. The second-order valence-corrected chi connectivity index (χ2v) is 6.31. The zero-order chi connectivity index (χ0) is 17.8. The van der Waals surface area contributed by atoms with Crippen LogP contribution in [-0.4, -0.2) is 37.0 Å². The molecule has 3 rings (SSSR count). The summed E-state index contributed by atoms with van der Waals surface area (Å²) in [6, 6.07) is 9.34. The third kappa shape index (κ3) is 4.12. The Morgan fingerprint density at radius 3 is 2.60 bits per heavy atom. The van der Waals surface area contributed by atoms with E-state index in [1.165, 1.54) is 6.33 Å². The number of amides is 1. The van der Waals surface area contributed by atoms with Crippen molar-refractivity contribution in [1.82, 2.24) is 29.9 Å². The maximum atomic E-state index is 12.3. The smallest absolute Gasteiger partial charge is 0.251 e. The molecule has 0 spiro atoms. The molecule has 1 amide bonds. The summed E-state index contributed by atoms with van der Waals surface area (Å²) < 4.78 is 3.64. The van der Waals surface area contributed by atoms with Crippen molar-refractivity contribution in [2.24, 2.45) is 5.92 Å². The lowest BCUT2D eigenvalue weighted by molar-refractivity contribution is 0.0946. The van der Waals surface area contributed by atoms with Crippen molar-refractivity contribution in [3.8, 4) is 5.69 Å². The predicted octanol–water partition coefficient (Wildman–Crippen LogP) is 2.15. The van der Waals surface area contributed by atoms with E-state index in [9.17, 15) is 4.79 Å². The number of rotatable bonds is 6. The van der Waals surface area contributed by atoms with Crippen LogP contribution < -0.4 is 5.32 Å². The fourth-order valence-electron chi connectivity index (χ4n) is 2.70. The fraction of sp³-hybridized carbons (Fsp3) is 0.333. The molecule has 7 nitrogen and oxygen atoms in total. The van der Waals surface area contributed by atoms with E-state index in [0.717, 1.165) is 23.6 Å². The standard InChI is InChI=1S/C18H22N6O/c1-13(10-23-15(3)8-14(2)22-23)9-20-18(25)16-4-6-17(7-5-16)24-12-19-11-21-24/h4-8,11-13H,9-10H2,1-3H3,(H,20,25)/t13-/m1/s1. The Morgan fingerprint density at radius 1 is 1.24 bits per heavy atom. The fourth-order valence-corrected chi connectivity index (χ4v) is 2.70. The minimum atomic E-state index is -0.0784. The van der Waals surface area contributed by atoms with Gasteiger partial charge in [-0.2, -0.15) is 10.2 Å². The van der Waals surface area contributed by atoms with Crippen LogP contribution in [-0.2, 0) is 6.54 Å². The van der Waals surface area contributed by atoms with Gasteiger partial charge in [0.2, 0.25) is 0 Å². The Kier molecular flexibility index (Phi) is 4.92. The molecule has 3 aromatic rings. The van der Waals surface area contributed by atoms with Crippen molar-refractivity contribution >= 4 is 5.91 Å². The minimum Gasteiger partial charge on any atom is -0.352 e. The minimum absolute atomic E-state index is 0.0784. The topological polar surface area (TPSA) is 77.6 Å². The highest BCUT2D eigenvalue weighted by atomic mass is 16.1. The molecule has 0 saturated heterocycles. The van der Waals surface area contributed by atoms with E-state index in [4.69, 9.17) is 0 Å². The molecule has 0 aliphatic carbocycles. The van der Waals surface area contributed by atoms with Gasteiger partial charge in [-0.3, -0.25) is 9.48 Å². The van der Waals surface area contributed by atoms with Gasteiger partial charge in [0, 0.05) is 24.3 Å². The number of carbonyl (C=O) groups excluding carboxylic acids is 1. The SMILES string of the molecule is Cc1cc(C)n(C[C@H](C)CNC(=O)c2ccc(-n3cncn3)cc2)n1. The molecular weight excluding hydrogens is 316 g/mol. The number of aryl methyl sites for hydroxylation is 2. The lowest BCUT2D eigenvalue weighted by Gasteiger charge is -2.14. The molecule has 130 valence electrons. The maximum absolute atomic E-state index is 12.3. The first-order valence-electron chi connectivity index (χ1n) is 8.27. The molecule has 2 aromatic heterocycles. The van der Waals surface area contributed by atoms with Crippen LogP contribution in [0, 0.1) is 19.8 Å². The van der Waals surface area contributed by atoms with Crippen molar-refractivity contribution in [1.29, 1.82) is 0 Å². The molecule has 1 aromatic carbocycles. The van der Waals surface area contributed by atoms with Crippen LogP contribution in [0.15, 0.2) is 43.0 Å². The largest absolute Gasteiger partial charge is 0.352 e. The molecule has 25 heavy (non-hydrogen) atoms. The molecule has 0 unspecified atom stereocenters. The zero-order valence-electron chi connectivity index (χ0n) is 14.7. The number of nitrogens with zero attached hydrogens (tertiary/aromatic N) is 5. The van der Waals surface area contributed by atoms with Crippen molar-refractivity contribution in [3.05, 3.63) is 59.9 Å². The molecule has 0 bridgehead atoms. The number of carbonyl (C=O) groups is 1. The Bertz CT molecular complexity index is 835. The van der Waals surface area contributed by atoms with Gasteiger partial charge in [-0.1, -0.05) is 6.92 Å². The van der Waals surface area contributed by atoms with Crippen molar-refractivity contribution in [2.45, 2.75) is 27.3 Å². The Labute approximate surface area is 146 Å². The van der Waals surface area contributed by atoms with E-state index in [1.54, 1.807) is 23.1 Å². The van der Waals surface area contributed by atoms with E-state index in [2.05, 4.69) is 33.5 Å². The van der Waals surface area contributed by atoms with Crippen LogP contribution in [0.3, 0.4) is 0 Å². The van der Waals surface area contributed by atoms with Crippen molar-refractivity contribution in [2.75, 3.05) is 6.54 Å². The van der Waals surface area contributed by atoms with Crippen molar-refractivity contribution < 1.29 is 4.79 Å². The average Bonchev–Trinajstić information content (AvgIpc) is 3.23. The Morgan fingerprint density at radius 2 is 2.00 bits per heavy atom. The van der Waals surface area contributed by atoms with Gasteiger partial charge in [-0.05, 0) is 50.1 Å². The highest BCUT2D eigenvalue weighted by molar-refractivity contribution is 5.94. The van der Waals surface area contributed by atoms with Gasteiger partial charge in [0.1, 0.15) is 12.7 Å². The molecule has 0 fully saturated rings. The summed E-state index contributed by atoms with van der Waals surface area (Å²) in [4.78, 5) is 16.2. The summed E-state index contributed by atoms with van der Waals surface area (Å²) in [7, 11) is 0. The normalized spacial score (nSPS) is 12.1. The van der Waals surface area contributed by atoms with Gasteiger partial charge in [-0.25, -0.2) is 9.67 Å². The third-order valence-electron chi connectivity index (χ3n) is 4.01. The van der Waals surface area contributed by atoms with Crippen LogP contribution in [0.25, 0.3) is 5.69 Å². The van der Waals surface area contributed by atoms with Crippen LogP contribution >= 0.6 is 0 Å². The number of benzene rings is 1. The third-order valence-corrected chi connectivity index (χ3v) is 4.01. The lowest BCUT2D eigenvalue weighted by atomic mass is 10.1. The number of aromatic nitrogens is 5. The van der Waals surface area contributed by atoms with Gasteiger partial charge in [0.05, 0.1) is 11.4 Å². The van der Waals surface area contributed by atoms with Gasteiger partial charge in [-0.15, -0.1) is 0 Å². The van der Waals surface area contributed by atoms with Crippen LogP contribution in [0.1, 0.15) is 28.7 Å². The van der Waals surface area contributed by atoms with E-state index in [0.29, 0.717) is 12.1 Å². The molecule has 7 heteroatoms. The van der Waals surface area contributed by atoms with Gasteiger partial charge < -0.3 is 5.32 Å². The Balaban J connectivity index is 1.54. The first kappa shape index (κ1) is 16.9. The van der Waals surface area contributed by atoms with Crippen LogP contribution in [0.4, 0.5) is 0 Å². The van der Waals surface area contributed by atoms with Crippen molar-refractivity contribution in [3.63, 3.8) is 0 Å². The first-order chi connectivity index (χ1) is 12.0. The quantitative estimate of drug-likeness (QED) is 0.747. The summed E-state index contributed by atoms with van der Waals surface area (Å²) in [5.74, 6) is 0.210. The average molecular weight is 338 g/mol.